The lowest BCUT2D eigenvalue weighted by atomic mass is 9.86. The average Bonchev–Trinajstić information content (AvgIpc) is 2.41. The molecule has 108 valence electrons. The molecule has 2 nitrogen and oxygen atoms in total. The van der Waals surface area contributed by atoms with Crippen molar-refractivity contribution < 1.29 is 10.2 Å². The van der Waals surface area contributed by atoms with Crippen LogP contribution in [-0.2, 0) is 0 Å². The maximum atomic E-state index is 9.18. The molecule has 0 aromatic heterocycles. The molecule has 2 unspecified atom stereocenters. The number of hydrogen-bond donors (Lipinski definition) is 2. The topological polar surface area (TPSA) is 40.5 Å². The molecule has 2 atom stereocenters. The van der Waals surface area contributed by atoms with E-state index in [9.17, 15) is 10.2 Å². The van der Waals surface area contributed by atoms with Gasteiger partial charge in [0.1, 0.15) is 0 Å². The summed E-state index contributed by atoms with van der Waals surface area (Å²) in [5.41, 5.74) is 0. The van der Waals surface area contributed by atoms with Crippen LogP contribution in [0.3, 0.4) is 0 Å². The van der Waals surface area contributed by atoms with Crippen LogP contribution in [0.15, 0.2) is 0 Å². The van der Waals surface area contributed by atoms with Crippen LogP contribution in [-0.4, -0.2) is 22.4 Å². The van der Waals surface area contributed by atoms with Gasteiger partial charge in [0.25, 0.3) is 0 Å². The zero-order valence-electron chi connectivity index (χ0n) is 12.3. The van der Waals surface area contributed by atoms with Crippen LogP contribution >= 0.6 is 0 Å². The highest BCUT2D eigenvalue weighted by atomic mass is 16.3. The van der Waals surface area contributed by atoms with Crippen LogP contribution in [0.2, 0.25) is 0 Å². The van der Waals surface area contributed by atoms with Gasteiger partial charge in [-0.15, -0.1) is 0 Å². The van der Waals surface area contributed by atoms with Crippen molar-refractivity contribution in [2.24, 2.45) is 11.8 Å². The molecule has 0 saturated heterocycles. The summed E-state index contributed by atoms with van der Waals surface area (Å²) >= 11 is 0. The van der Waals surface area contributed by atoms with Gasteiger partial charge in [-0.1, -0.05) is 38.5 Å². The molecule has 0 heterocycles. The van der Waals surface area contributed by atoms with Crippen molar-refractivity contribution in [3.05, 3.63) is 0 Å². The molecule has 0 bridgehead atoms. The van der Waals surface area contributed by atoms with Gasteiger partial charge in [-0.05, 0) is 51.4 Å². The predicted octanol–water partition coefficient (Wildman–Crippen LogP) is 3.90. The smallest absolute Gasteiger partial charge is 0.0540 e. The van der Waals surface area contributed by atoms with Crippen LogP contribution in [0, 0.1) is 11.8 Å². The van der Waals surface area contributed by atoms with Gasteiger partial charge in [-0.2, -0.15) is 0 Å². The molecule has 2 rings (SSSR count). The molecule has 2 N–H and O–H groups in total. The Labute approximate surface area is 113 Å². The minimum absolute atomic E-state index is 0.0645. The first kappa shape index (κ1) is 16.0. The van der Waals surface area contributed by atoms with Crippen LogP contribution < -0.4 is 0 Å². The zero-order chi connectivity index (χ0) is 13.4. The Kier molecular flexibility index (Phi) is 7.92. The van der Waals surface area contributed by atoms with Crippen LogP contribution in [0.5, 0.6) is 0 Å². The Morgan fingerprint density at radius 2 is 0.889 bits per heavy atom. The third-order valence-electron chi connectivity index (χ3n) is 4.66. The van der Waals surface area contributed by atoms with Gasteiger partial charge in [-0.3, -0.25) is 0 Å². The first-order valence-corrected chi connectivity index (χ1v) is 7.97. The molecule has 18 heavy (non-hydrogen) atoms. The second kappa shape index (κ2) is 8.92. The van der Waals surface area contributed by atoms with E-state index in [0.717, 1.165) is 0 Å². The average molecular weight is 256 g/mol. The van der Waals surface area contributed by atoms with Gasteiger partial charge in [0, 0.05) is 0 Å². The van der Waals surface area contributed by atoms with E-state index in [1.54, 1.807) is 0 Å². The first-order chi connectivity index (χ1) is 8.61. The van der Waals surface area contributed by atoms with Crippen molar-refractivity contribution in [3.63, 3.8) is 0 Å². The second-order valence-electron chi connectivity index (χ2n) is 6.28. The third kappa shape index (κ3) is 6.19. The predicted molar refractivity (Wildman–Crippen MR) is 76.5 cm³/mol. The van der Waals surface area contributed by atoms with E-state index in [-0.39, 0.29) is 12.2 Å². The van der Waals surface area contributed by atoms with Crippen LogP contribution in [0.4, 0.5) is 0 Å². The Morgan fingerprint density at radius 3 is 1.06 bits per heavy atom. The van der Waals surface area contributed by atoms with E-state index in [0.29, 0.717) is 11.8 Å². The molecule has 2 heteroatoms. The highest BCUT2D eigenvalue weighted by Crippen LogP contribution is 2.26. The number of aliphatic hydroxyl groups excluding tert-OH is 2. The molecular formula is C16H32O2. The van der Waals surface area contributed by atoms with Gasteiger partial charge < -0.3 is 10.2 Å². The Bertz CT molecular complexity index is 167. The quantitative estimate of drug-likeness (QED) is 0.787. The van der Waals surface area contributed by atoms with Crippen LogP contribution in [0.25, 0.3) is 0 Å². The molecule has 2 aliphatic carbocycles. The van der Waals surface area contributed by atoms with E-state index in [1.807, 2.05) is 13.8 Å². The lowest BCUT2D eigenvalue weighted by Crippen LogP contribution is -2.19. The molecule has 2 fully saturated rings. The van der Waals surface area contributed by atoms with Crippen molar-refractivity contribution in [2.45, 2.75) is 90.3 Å². The summed E-state index contributed by atoms with van der Waals surface area (Å²) in [7, 11) is 0. The fourth-order valence-electron chi connectivity index (χ4n) is 3.23. The van der Waals surface area contributed by atoms with E-state index in [2.05, 4.69) is 0 Å². The van der Waals surface area contributed by atoms with Crippen molar-refractivity contribution in [1.82, 2.24) is 0 Å². The Balaban J connectivity index is 0.000000180. The number of rotatable bonds is 2. The summed E-state index contributed by atoms with van der Waals surface area (Å²) in [4.78, 5) is 0. The van der Waals surface area contributed by atoms with Gasteiger partial charge in [-0.25, -0.2) is 0 Å². The van der Waals surface area contributed by atoms with Crippen molar-refractivity contribution in [1.29, 1.82) is 0 Å². The van der Waals surface area contributed by atoms with E-state index < -0.39 is 0 Å². The standard InChI is InChI=1S/2C8H16O/c2*1-7(9)8-5-3-2-4-6-8/h2*7-9H,2-6H2,1H3. The van der Waals surface area contributed by atoms with E-state index in [1.165, 1.54) is 64.2 Å². The summed E-state index contributed by atoms with van der Waals surface area (Å²) in [5.74, 6) is 1.22. The Hall–Kier alpha value is -0.0800. The Morgan fingerprint density at radius 1 is 0.611 bits per heavy atom. The SMILES string of the molecule is CC(O)C1CCCCC1.CC(O)C1CCCCC1. The molecule has 0 amide bonds. The summed E-state index contributed by atoms with van der Waals surface area (Å²) in [5, 5.41) is 18.4. The van der Waals surface area contributed by atoms with Gasteiger partial charge in [0.15, 0.2) is 0 Å². The van der Waals surface area contributed by atoms with E-state index >= 15 is 0 Å². The van der Waals surface area contributed by atoms with Gasteiger partial charge >= 0.3 is 0 Å². The molecule has 2 saturated carbocycles. The third-order valence-corrected chi connectivity index (χ3v) is 4.66. The zero-order valence-corrected chi connectivity index (χ0v) is 12.3. The van der Waals surface area contributed by atoms with Crippen molar-refractivity contribution in [3.8, 4) is 0 Å². The fourth-order valence-corrected chi connectivity index (χ4v) is 3.23. The van der Waals surface area contributed by atoms with E-state index in [4.69, 9.17) is 0 Å². The molecule has 0 aromatic carbocycles. The molecule has 0 spiro atoms. The highest BCUT2D eigenvalue weighted by molar-refractivity contribution is 4.70. The molecule has 0 radical (unpaired) electrons. The normalized spacial score (nSPS) is 26.0. The maximum absolute atomic E-state index is 9.18. The number of aliphatic hydroxyl groups is 2. The van der Waals surface area contributed by atoms with Crippen molar-refractivity contribution >= 4 is 0 Å². The fraction of sp³-hybridized carbons (Fsp3) is 1.00. The summed E-state index contributed by atoms with van der Waals surface area (Å²) in [6.45, 7) is 3.83. The minimum atomic E-state index is -0.0645. The lowest BCUT2D eigenvalue weighted by Gasteiger charge is -2.23. The number of hydrogen-bond acceptors (Lipinski definition) is 2. The molecule has 0 aliphatic heterocycles. The van der Waals surface area contributed by atoms with Gasteiger partial charge in [0.2, 0.25) is 0 Å². The van der Waals surface area contributed by atoms with Crippen LogP contribution in [0.1, 0.15) is 78.1 Å². The first-order valence-electron chi connectivity index (χ1n) is 7.97. The van der Waals surface area contributed by atoms with Crippen molar-refractivity contribution in [2.75, 3.05) is 0 Å². The highest BCUT2D eigenvalue weighted by Gasteiger charge is 2.17. The summed E-state index contributed by atoms with van der Waals surface area (Å²) in [6.07, 6.45) is 12.9. The monoisotopic (exact) mass is 256 g/mol. The minimum Gasteiger partial charge on any atom is -0.393 e. The summed E-state index contributed by atoms with van der Waals surface area (Å²) < 4.78 is 0. The molecular weight excluding hydrogens is 224 g/mol. The second-order valence-corrected chi connectivity index (χ2v) is 6.28. The summed E-state index contributed by atoms with van der Waals surface area (Å²) in [6, 6.07) is 0. The molecule has 2 aliphatic rings. The maximum Gasteiger partial charge on any atom is 0.0540 e. The molecule has 0 aromatic rings. The largest absolute Gasteiger partial charge is 0.393 e. The lowest BCUT2D eigenvalue weighted by molar-refractivity contribution is 0.101. The van der Waals surface area contributed by atoms with Gasteiger partial charge in [0.05, 0.1) is 12.2 Å².